The van der Waals surface area contributed by atoms with Gasteiger partial charge in [-0.05, 0) is 13.0 Å². The van der Waals surface area contributed by atoms with Crippen LogP contribution in [0.3, 0.4) is 0 Å². The summed E-state index contributed by atoms with van der Waals surface area (Å²) in [4.78, 5) is 27.7. The minimum Gasteiger partial charge on any atom is -0.368 e. The number of nitrogens with two attached hydrogens (primary N) is 1. The first-order chi connectivity index (χ1) is 8.63. The number of likely N-dealkylation sites (N-methyl/N-ethyl adjacent to an activating group) is 1. The Morgan fingerprint density at radius 3 is 2.72 bits per heavy atom. The Bertz CT molecular complexity index is 589. The molecular formula is C13H15N3O2. The molecule has 0 saturated heterocycles. The first-order valence-electron chi connectivity index (χ1n) is 5.77. The number of carbonyl (C=O) groups excluding carboxylic acids is 2. The van der Waals surface area contributed by atoms with Crippen molar-refractivity contribution in [3.63, 3.8) is 0 Å². The van der Waals surface area contributed by atoms with Crippen LogP contribution >= 0.6 is 0 Å². The highest BCUT2D eigenvalue weighted by Crippen LogP contribution is 2.19. The van der Waals surface area contributed by atoms with E-state index in [-0.39, 0.29) is 12.5 Å². The van der Waals surface area contributed by atoms with Gasteiger partial charge in [0.05, 0.1) is 12.1 Å². The molecule has 0 aliphatic heterocycles. The Hall–Kier alpha value is -2.30. The molecule has 0 aliphatic carbocycles. The van der Waals surface area contributed by atoms with Crippen LogP contribution in [-0.2, 0) is 4.79 Å². The van der Waals surface area contributed by atoms with Crippen molar-refractivity contribution in [2.75, 3.05) is 13.1 Å². The number of benzene rings is 1. The molecule has 0 spiro atoms. The standard InChI is InChI=1S/C13H15N3O2/c1-2-16(8-12(14)17)13(18)10-7-15-11-6-4-3-5-9(10)11/h3-7,15H,2,8H2,1H3,(H2,14,17). The zero-order valence-electron chi connectivity index (χ0n) is 10.1. The number of amides is 2. The molecule has 5 nitrogen and oxygen atoms in total. The number of primary amides is 1. The molecule has 2 amide bonds. The molecule has 0 radical (unpaired) electrons. The number of nitrogens with zero attached hydrogens (tertiary/aromatic N) is 1. The Morgan fingerprint density at radius 1 is 1.33 bits per heavy atom. The Kier molecular flexibility index (Phi) is 3.32. The first-order valence-corrected chi connectivity index (χ1v) is 5.77. The molecular weight excluding hydrogens is 230 g/mol. The van der Waals surface area contributed by atoms with Gasteiger partial charge in [-0.3, -0.25) is 9.59 Å². The molecule has 18 heavy (non-hydrogen) atoms. The minimum atomic E-state index is -0.509. The summed E-state index contributed by atoms with van der Waals surface area (Å²) in [7, 11) is 0. The number of carbonyl (C=O) groups is 2. The summed E-state index contributed by atoms with van der Waals surface area (Å²) in [5.74, 6) is -0.696. The summed E-state index contributed by atoms with van der Waals surface area (Å²) in [6.07, 6.45) is 1.66. The Balaban J connectivity index is 2.35. The quantitative estimate of drug-likeness (QED) is 0.846. The summed E-state index contributed by atoms with van der Waals surface area (Å²) < 4.78 is 0. The third-order valence-corrected chi connectivity index (χ3v) is 2.84. The second-order valence-corrected chi connectivity index (χ2v) is 4.03. The SMILES string of the molecule is CCN(CC(N)=O)C(=O)c1c[nH]c2ccccc12. The third kappa shape index (κ3) is 2.20. The van der Waals surface area contributed by atoms with E-state index in [1.54, 1.807) is 6.20 Å². The Morgan fingerprint density at radius 2 is 2.06 bits per heavy atom. The maximum absolute atomic E-state index is 12.3. The van der Waals surface area contributed by atoms with Gasteiger partial charge >= 0.3 is 0 Å². The van der Waals surface area contributed by atoms with Gasteiger partial charge in [0.25, 0.3) is 5.91 Å². The van der Waals surface area contributed by atoms with Crippen molar-refractivity contribution in [1.29, 1.82) is 0 Å². The minimum absolute atomic E-state index is 0.0607. The molecule has 0 aliphatic rings. The molecule has 3 N–H and O–H groups in total. The second-order valence-electron chi connectivity index (χ2n) is 4.03. The highest BCUT2D eigenvalue weighted by Gasteiger charge is 2.18. The number of fused-ring (bicyclic) bond motifs is 1. The van der Waals surface area contributed by atoms with E-state index >= 15 is 0 Å². The molecule has 1 heterocycles. The number of para-hydroxylation sites is 1. The topological polar surface area (TPSA) is 79.2 Å². The molecule has 2 aromatic rings. The number of H-pyrrole nitrogens is 1. The van der Waals surface area contributed by atoms with Crippen LogP contribution < -0.4 is 5.73 Å². The van der Waals surface area contributed by atoms with Crippen molar-refractivity contribution in [3.05, 3.63) is 36.0 Å². The maximum atomic E-state index is 12.3. The molecule has 0 atom stereocenters. The third-order valence-electron chi connectivity index (χ3n) is 2.84. The molecule has 5 heteroatoms. The van der Waals surface area contributed by atoms with Crippen molar-refractivity contribution >= 4 is 22.7 Å². The molecule has 0 unspecified atom stereocenters. The van der Waals surface area contributed by atoms with E-state index in [1.807, 2.05) is 31.2 Å². The molecule has 1 aromatic heterocycles. The number of aromatic amines is 1. The molecule has 1 aromatic carbocycles. The van der Waals surface area contributed by atoms with Gasteiger partial charge in [-0.1, -0.05) is 18.2 Å². The smallest absolute Gasteiger partial charge is 0.256 e. The summed E-state index contributed by atoms with van der Waals surface area (Å²) in [6, 6.07) is 7.54. The van der Waals surface area contributed by atoms with E-state index in [0.717, 1.165) is 10.9 Å². The van der Waals surface area contributed by atoms with E-state index in [0.29, 0.717) is 12.1 Å². The van der Waals surface area contributed by atoms with Crippen molar-refractivity contribution < 1.29 is 9.59 Å². The lowest BCUT2D eigenvalue weighted by Gasteiger charge is -2.18. The van der Waals surface area contributed by atoms with Crippen LogP contribution in [0.4, 0.5) is 0 Å². The first kappa shape index (κ1) is 12.2. The predicted octanol–water partition coefficient (Wildman–Crippen LogP) is 1.12. The lowest BCUT2D eigenvalue weighted by molar-refractivity contribution is -0.118. The van der Waals surface area contributed by atoms with Crippen molar-refractivity contribution in [3.8, 4) is 0 Å². The van der Waals surface area contributed by atoms with Crippen molar-refractivity contribution in [2.45, 2.75) is 6.92 Å². The van der Waals surface area contributed by atoms with Crippen molar-refractivity contribution in [1.82, 2.24) is 9.88 Å². The zero-order valence-corrected chi connectivity index (χ0v) is 10.1. The van der Waals surface area contributed by atoms with Gasteiger partial charge in [0.2, 0.25) is 5.91 Å². The van der Waals surface area contributed by atoms with Gasteiger partial charge in [-0.2, -0.15) is 0 Å². The fourth-order valence-electron chi connectivity index (χ4n) is 1.93. The van der Waals surface area contributed by atoms with E-state index in [2.05, 4.69) is 4.98 Å². The fraction of sp³-hybridized carbons (Fsp3) is 0.231. The summed E-state index contributed by atoms with van der Waals surface area (Å²) in [5.41, 5.74) is 6.59. The highest BCUT2D eigenvalue weighted by atomic mass is 16.2. The average molecular weight is 245 g/mol. The number of nitrogens with one attached hydrogen (secondary N) is 1. The number of aromatic nitrogens is 1. The zero-order chi connectivity index (χ0) is 13.1. The van der Waals surface area contributed by atoms with Crippen LogP contribution in [0.1, 0.15) is 17.3 Å². The van der Waals surface area contributed by atoms with Gasteiger partial charge in [0, 0.05) is 23.6 Å². The van der Waals surface area contributed by atoms with Crippen LogP contribution in [0.25, 0.3) is 10.9 Å². The van der Waals surface area contributed by atoms with Gasteiger partial charge in [-0.25, -0.2) is 0 Å². The number of rotatable bonds is 4. The molecule has 0 fully saturated rings. The van der Waals surface area contributed by atoms with E-state index in [4.69, 9.17) is 5.73 Å². The molecule has 0 bridgehead atoms. The van der Waals surface area contributed by atoms with E-state index in [1.165, 1.54) is 4.90 Å². The molecule has 0 saturated carbocycles. The normalized spacial score (nSPS) is 10.5. The van der Waals surface area contributed by atoms with Gasteiger partial charge in [0.15, 0.2) is 0 Å². The number of hydrogen-bond acceptors (Lipinski definition) is 2. The van der Waals surface area contributed by atoms with E-state index in [9.17, 15) is 9.59 Å². The van der Waals surface area contributed by atoms with Crippen LogP contribution in [0.15, 0.2) is 30.5 Å². The van der Waals surface area contributed by atoms with E-state index < -0.39 is 5.91 Å². The molecule has 94 valence electrons. The number of hydrogen-bond donors (Lipinski definition) is 2. The van der Waals surface area contributed by atoms with Gasteiger partial charge in [-0.15, -0.1) is 0 Å². The lowest BCUT2D eigenvalue weighted by atomic mass is 10.1. The summed E-state index contributed by atoms with van der Waals surface area (Å²) >= 11 is 0. The summed E-state index contributed by atoms with van der Waals surface area (Å²) in [6.45, 7) is 2.20. The van der Waals surface area contributed by atoms with Crippen LogP contribution in [-0.4, -0.2) is 34.8 Å². The van der Waals surface area contributed by atoms with Crippen LogP contribution in [0, 0.1) is 0 Å². The van der Waals surface area contributed by atoms with Crippen LogP contribution in [0.5, 0.6) is 0 Å². The monoisotopic (exact) mass is 245 g/mol. The maximum Gasteiger partial charge on any atom is 0.256 e. The molecule has 2 rings (SSSR count). The average Bonchev–Trinajstić information content (AvgIpc) is 2.78. The predicted molar refractivity (Wildman–Crippen MR) is 69.1 cm³/mol. The largest absolute Gasteiger partial charge is 0.368 e. The lowest BCUT2D eigenvalue weighted by Crippen LogP contribution is -2.38. The van der Waals surface area contributed by atoms with Crippen molar-refractivity contribution in [2.24, 2.45) is 5.73 Å². The Labute approximate surface area is 105 Å². The van der Waals surface area contributed by atoms with Gasteiger partial charge in [0.1, 0.15) is 0 Å². The highest BCUT2D eigenvalue weighted by molar-refractivity contribution is 6.07. The van der Waals surface area contributed by atoms with Crippen LogP contribution in [0.2, 0.25) is 0 Å². The summed E-state index contributed by atoms with van der Waals surface area (Å²) in [5, 5.41) is 0.852. The fourth-order valence-corrected chi connectivity index (χ4v) is 1.93. The van der Waals surface area contributed by atoms with Gasteiger partial charge < -0.3 is 15.6 Å². The second kappa shape index (κ2) is 4.91.